The summed E-state index contributed by atoms with van der Waals surface area (Å²) in [5.41, 5.74) is 1.92. The van der Waals surface area contributed by atoms with E-state index in [1.165, 1.54) is 6.21 Å². The van der Waals surface area contributed by atoms with E-state index >= 15 is 0 Å². The largest absolute Gasteiger partial charge is 0.416 e. The highest BCUT2D eigenvalue weighted by atomic mass is 79.9. The Balaban J connectivity index is 1.84. The molecule has 0 saturated carbocycles. The SMILES string of the molecule is O=C(CCC(=O)Nc1cc(C(F)(F)F)ccc1Cl)NN=Cc1cccc(Br)c1. The van der Waals surface area contributed by atoms with Gasteiger partial charge in [0.2, 0.25) is 11.8 Å². The van der Waals surface area contributed by atoms with Crippen LogP contribution < -0.4 is 10.7 Å². The van der Waals surface area contributed by atoms with Crippen LogP contribution in [0.4, 0.5) is 18.9 Å². The molecule has 0 bridgehead atoms. The Morgan fingerprint density at radius 1 is 1.11 bits per heavy atom. The van der Waals surface area contributed by atoms with Crippen LogP contribution in [0, 0.1) is 0 Å². The molecule has 0 fully saturated rings. The third-order valence-electron chi connectivity index (χ3n) is 3.40. The molecule has 0 aliphatic heterocycles. The fourth-order valence-corrected chi connectivity index (χ4v) is 2.64. The van der Waals surface area contributed by atoms with Gasteiger partial charge in [-0.05, 0) is 35.9 Å². The van der Waals surface area contributed by atoms with Gasteiger partial charge in [0.1, 0.15) is 0 Å². The summed E-state index contributed by atoms with van der Waals surface area (Å²) in [5, 5.41) is 6.01. The average molecular weight is 477 g/mol. The van der Waals surface area contributed by atoms with Crippen molar-refractivity contribution in [1.29, 1.82) is 0 Å². The van der Waals surface area contributed by atoms with Crippen molar-refractivity contribution in [2.45, 2.75) is 19.0 Å². The third kappa shape index (κ3) is 6.97. The highest BCUT2D eigenvalue weighted by Gasteiger charge is 2.31. The molecule has 0 aliphatic rings. The number of rotatable bonds is 6. The van der Waals surface area contributed by atoms with Crippen LogP contribution in [0.25, 0.3) is 0 Å². The fourth-order valence-electron chi connectivity index (χ4n) is 2.06. The van der Waals surface area contributed by atoms with E-state index in [-0.39, 0.29) is 23.6 Å². The van der Waals surface area contributed by atoms with E-state index in [0.717, 1.165) is 28.2 Å². The average Bonchev–Trinajstić information content (AvgIpc) is 2.61. The van der Waals surface area contributed by atoms with Gasteiger partial charge in [0.05, 0.1) is 22.5 Å². The first-order valence-electron chi connectivity index (χ1n) is 7.89. The number of alkyl halides is 3. The van der Waals surface area contributed by atoms with Crippen LogP contribution in [0.15, 0.2) is 52.0 Å². The van der Waals surface area contributed by atoms with Gasteiger partial charge in [-0.1, -0.05) is 39.7 Å². The number of halogens is 5. The molecule has 28 heavy (non-hydrogen) atoms. The van der Waals surface area contributed by atoms with E-state index in [2.05, 4.69) is 31.8 Å². The minimum Gasteiger partial charge on any atom is -0.325 e. The van der Waals surface area contributed by atoms with E-state index in [1.54, 1.807) is 18.2 Å². The first-order chi connectivity index (χ1) is 13.1. The number of amides is 2. The molecule has 2 rings (SSSR count). The van der Waals surface area contributed by atoms with Crippen LogP contribution in [0.5, 0.6) is 0 Å². The van der Waals surface area contributed by atoms with E-state index in [4.69, 9.17) is 11.6 Å². The van der Waals surface area contributed by atoms with E-state index in [9.17, 15) is 22.8 Å². The number of carbonyl (C=O) groups excluding carboxylic acids is 2. The molecular formula is C18H14BrClF3N3O2. The number of anilines is 1. The highest BCUT2D eigenvalue weighted by Crippen LogP contribution is 2.33. The molecule has 0 heterocycles. The van der Waals surface area contributed by atoms with E-state index < -0.39 is 23.6 Å². The lowest BCUT2D eigenvalue weighted by Crippen LogP contribution is -2.21. The minimum absolute atomic E-state index is 0.0376. The normalized spacial score (nSPS) is 11.5. The van der Waals surface area contributed by atoms with E-state index in [0.29, 0.717) is 0 Å². The second kappa shape index (κ2) is 9.70. The molecule has 5 nitrogen and oxygen atoms in total. The zero-order chi connectivity index (χ0) is 20.7. The Morgan fingerprint density at radius 2 is 1.82 bits per heavy atom. The van der Waals surface area contributed by atoms with Crippen LogP contribution in [0.2, 0.25) is 5.02 Å². The summed E-state index contributed by atoms with van der Waals surface area (Å²) in [6.45, 7) is 0. The zero-order valence-corrected chi connectivity index (χ0v) is 16.5. The van der Waals surface area contributed by atoms with Gasteiger partial charge in [-0.15, -0.1) is 0 Å². The van der Waals surface area contributed by atoms with Gasteiger partial charge in [0.25, 0.3) is 0 Å². The minimum atomic E-state index is -4.56. The quantitative estimate of drug-likeness (QED) is 0.455. The van der Waals surface area contributed by atoms with Gasteiger partial charge in [-0.2, -0.15) is 18.3 Å². The molecule has 148 valence electrons. The monoisotopic (exact) mass is 475 g/mol. The van der Waals surface area contributed by atoms with E-state index in [1.807, 2.05) is 6.07 Å². The molecule has 0 aromatic heterocycles. The van der Waals surface area contributed by atoms with Crippen LogP contribution >= 0.6 is 27.5 Å². The maximum absolute atomic E-state index is 12.7. The zero-order valence-electron chi connectivity index (χ0n) is 14.2. The van der Waals surface area contributed by atoms with Crippen molar-refractivity contribution in [1.82, 2.24) is 5.43 Å². The maximum Gasteiger partial charge on any atom is 0.416 e. The summed E-state index contributed by atoms with van der Waals surface area (Å²) in [6, 6.07) is 9.82. The Hall–Kier alpha value is -2.39. The number of benzene rings is 2. The number of hydrogen-bond acceptors (Lipinski definition) is 3. The topological polar surface area (TPSA) is 70.6 Å². The van der Waals surface area contributed by atoms with Gasteiger partial charge in [0, 0.05) is 17.3 Å². The third-order valence-corrected chi connectivity index (χ3v) is 4.22. The molecule has 2 aromatic carbocycles. The lowest BCUT2D eigenvalue weighted by Gasteiger charge is -2.11. The van der Waals surface area contributed by atoms with Crippen LogP contribution in [0.1, 0.15) is 24.0 Å². The molecule has 2 N–H and O–H groups in total. The Bertz CT molecular complexity index is 904. The number of hydrogen-bond donors (Lipinski definition) is 2. The standard InChI is InChI=1S/C18H14BrClF3N3O2/c19-13-3-1-2-11(8-13)10-24-26-17(28)7-6-16(27)25-15-9-12(18(21,22)23)4-5-14(15)20/h1-5,8-10H,6-7H2,(H,25,27)(H,26,28). The first kappa shape index (κ1) is 21.9. The molecule has 0 atom stereocenters. The molecule has 2 amide bonds. The van der Waals surface area contributed by atoms with Gasteiger partial charge in [-0.25, -0.2) is 5.43 Å². The molecule has 0 spiro atoms. The molecular weight excluding hydrogens is 463 g/mol. The van der Waals surface area contributed by atoms with Crippen molar-refractivity contribution >= 4 is 51.2 Å². The summed E-state index contributed by atoms with van der Waals surface area (Å²) in [5.74, 6) is -1.16. The molecule has 10 heteroatoms. The molecule has 0 aliphatic carbocycles. The van der Waals surface area contributed by atoms with Crippen molar-refractivity contribution in [2.75, 3.05) is 5.32 Å². The summed E-state index contributed by atoms with van der Waals surface area (Å²) >= 11 is 9.11. The van der Waals surface area contributed by atoms with Crippen LogP contribution in [0.3, 0.4) is 0 Å². The predicted molar refractivity (Wildman–Crippen MR) is 104 cm³/mol. The summed E-state index contributed by atoms with van der Waals surface area (Å²) in [7, 11) is 0. The number of carbonyl (C=O) groups is 2. The van der Waals surface area contributed by atoms with Crippen molar-refractivity contribution in [3.05, 3.63) is 63.1 Å². The molecule has 0 saturated heterocycles. The smallest absolute Gasteiger partial charge is 0.325 e. The highest BCUT2D eigenvalue weighted by molar-refractivity contribution is 9.10. The fraction of sp³-hybridized carbons (Fsp3) is 0.167. The summed E-state index contributed by atoms with van der Waals surface area (Å²) < 4.78 is 39.0. The number of hydrazone groups is 1. The Morgan fingerprint density at radius 3 is 2.50 bits per heavy atom. The second-order valence-electron chi connectivity index (χ2n) is 5.59. The van der Waals surface area contributed by atoms with Crippen LogP contribution in [-0.4, -0.2) is 18.0 Å². The lowest BCUT2D eigenvalue weighted by molar-refractivity contribution is -0.137. The predicted octanol–water partition coefficient (Wildman–Crippen LogP) is 4.99. The van der Waals surface area contributed by atoms with Gasteiger partial charge in [0.15, 0.2) is 0 Å². The first-order valence-corrected chi connectivity index (χ1v) is 9.06. The Kier molecular flexibility index (Phi) is 7.59. The maximum atomic E-state index is 12.7. The van der Waals surface area contributed by atoms with Crippen molar-refractivity contribution in [3.63, 3.8) is 0 Å². The van der Waals surface area contributed by atoms with Crippen molar-refractivity contribution in [3.8, 4) is 0 Å². The summed E-state index contributed by atoms with van der Waals surface area (Å²) in [6.07, 6.45) is -3.56. The second-order valence-corrected chi connectivity index (χ2v) is 6.91. The molecule has 0 radical (unpaired) electrons. The van der Waals surface area contributed by atoms with Crippen LogP contribution in [-0.2, 0) is 15.8 Å². The number of nitrogens with zero attached hydrogens (tertiary/aromatic N) is 1. The Labute approximate surface area is 172 Å². The van der Waals surface area contributed by atoms with Crippen molar-refractivity contribution < 1.29 is 22.8 Å². The number of nitrogens with one attached hydrogen (secondary N) is 2. The van der Waals surface area contributed by atoms with Gasteiger partial charge < -0.3 is 5.32 Å². The lowest BCUT2D eigenvalue weighted by atomic mass is 10.2. The molecule has 0 unspecified atom stereocenters. The van der Waals surface area contributed by atoms with Gasteiger partial charge in [-0.3, -0.25) is 9.59 Å². The van der Waals surface area contributed by atoms with Crippen molar-refractivity contribution in [2.24, 2.45) is 5.10 Å². The van der Waals surface area contributed by atoms with Gasteiger partial charge >= 0.3 is 6.18 Å². The summed E-state index contributed by atoms with van der Waals surface area (Å²) in [4.78, 5) is 23.6. The molecule has 2 aromatic rings.